The van der Waals surface area contributed by atoms with Crippen molar-refractivity contribution in [3.63, 3.8) is 0 Å². The number of nitrogens with one attached hydrogen (secondary N) is 2. The van der Waals surface area contributed by atoms with Crippen LogP contribution in [-0.2, 0) is 13.0 Å². The summed E-state index contributed by atoms with van der Waals surface area (Å²) < 4.78 is 0. The lowest BCUT2D eigenvalue weighted by Gasteiger charge is -2.30. The average molecular weight is 279 g/mol. The van der Waals surface area contributed by atoms with Crippen LogP contribution in [0.5, 0.6) is 0 Å². The number of nitrogens with zero attached hydrogens (tertiary/aromatic N) is 1. The normalized spacial score (nSPS) is 16.8. The maximum Gasteiger partial charge on any atom is 0.191 e. The Morgan fingerprint density at radius 3 is 2.57 bits per heavy atom. The first-order valence-electron chi connectivity index (χ1n) is 7.43. The van der Waals surface area contributed by atoms with Crippen molar-refractivity contribution in [2.24, 2.45) is 4.99 Å². The number of rotatable bonds is 4. The number of benzene rings is 2. The van der Waals surface area contributed by atoms with E-state index in [-0.39, 0.29) is 0 Å². The molecule has 2 N–H and O–H groups in total. The predicted octanol–water partition coefficient (Wildman–Crippen LogP) is 2.69. The standard InChI is InChI=1S/C18H21N3/c1-19-18(20-12-14-7-3-2-4-8-14)21-13-16-11-15-9-5-6-10-17(15)16/h2-10,16H,11-13H2,1H3,(H2,19,20,21). The van der Waals surface area contributed by atoms with Crippen LogP contribution in [0.2, 0.25) is 0 Å². The van der Waals surface area contributed by atoms with Crippen molar-refractivity contribution in [3.8, 4) is 0 Å². The molecule has 0 saturated carbocycles. The molecule has 1 unspecified atom stereocenters. The highest BCUT2D eigenvalue weighted by molar-refractivity contribution is 5.79. The molecule has 2 aromatic rings. The van der Waals surface area contributed by atoms with Gasteiger partial charge in [0, 0.05) is 26.1 Å². The molecule has 0 spiro atoms. The molecule has 3 rings (SSSR count). The minimum Gasteiger partial charge on any atom is -0.356 e. The van der Waals surface area contributed by atoms with E-state index in [0.717, 1.165) is 19.0 Å². The summed E-state index contributed by atoms with van der Waals surface area (Å²) >= 11 is 0. The Labute approximate surface area is 126 Å². The fourth-order valence-electron chi connectivity index (χ4n) is 2.77. The Bertz CT molecular complexity index is 619. The lowest BCUT2D eigenvalue weighted by molar-refractivity contribution is 0.584. The van der Waals surface area contributed by atoms with Crippen LogP contribution in [0.3, 0.4) is 0 Å². The number of fused-ring (bicyclic) bond motifs is 1. The van der Waals surface area contributed by atoms with Crippen LogP contribution >= 0.6 is 0 Å². The van der Waals surface area contributed by atoms with E-state index in [2.05, 4.69) is 64.2 Å². The molecule has 0 aromatic heterocycles. The monoisotopic (exact) mass is 279 g/mol. The molecule has 0 fully saturated rings. The molecule has 0 radical (unpaired) electrons. The van der Waals surface area contributed by atoms with Gasteiger partial charge in [0.15, 0.2) is 5.96 Å². The van der Waals surface area contributed by atoms with E-state index in [0.29, 0.717) is 5.92 Å². The van der Waals surface area contributed by atoms with Crippen LogP contribution in [0.25, 0.3) is 0 Å². The van der Waals surface area contributed by atoms with E-state index in [1.807, 2.05) is 13.1 Å². The van der Waals surface area contributed by atoms with Gasteiger partial charge < -0.3 is 10.6 Å². The predicted molar refractivity (Wildman–Crippen MR) is 87.5 cm³/mol. The van der Waals surface area contributed by atoms with E-state index < -0.39 is 0 Å². The number of guanidine groups is 1. The number of aliphatic imine (C=N–C) groups is 1. The molecule has 108 valence electrons. The van der Waals surface area contributed by atoms with Gasteiger partial charge in [-0.15, -0.1) is 0 Å². The van der Waals surface area contributed by atoms with E-state index in [1.54, 1.807) is 0 Å². The van der Waals surface area contributed by atoms with Crippen LogP contribution in [0, 0.1) is 0 Å². The molecule has 0 bridgehead atoms. The first-order valence-corrected chi connectivity index (χ1v) is 7.43. The first kappa shape index (κ1) is 13.7. The second-order valence-corrected chi connectivity index (χ2v) is 5.39. The van der Waals surface area contributed by atoms with E-state index >= 15 is 0 Å². The fourth-order valence-corrected chi connectivity index (χ4v) is 2.77. The summed E-state index contributed by atoms with van der Waals surface area (Å²) in [4.78, 5) is 4.28. The summed E-state index contributed by atoms with van der Waals surface area (Å²) in [5.74, 6) is 1.47. The van der Waals surface area contributed by atoms with Crippen molar-refractivity contribution in [2.75, 3.05) is 13.6 Å². The van der Waals surface area contributed by atoms with Gasteiger partial charge in [-0.1, -0.05) is 54.6 Å². The van der Waals surface area contributed by atoms with Crippen molar-refractivity contribution >= 4 is 5.96 Å². The smallest absolute Gasteiger partial charge is 0.191 e. The Morgan fingerprint density at radius 2 is 1.81 bits per heavy atom. The fraction of sp³-hybridized carbons (Fsp3) is 0.278. The Balaban J connectivity index is 1.48. The molecule has 2 aromatic carbocycles. The summed E-state index contributed by atoms with van der Waals surface area (Å²) in [6, 6.07) is 19.0. The minimum absolute atomic E-state index is 0.608. The largest absolute Gasteiger partial charge is 0.356 e. The van der Waals surface area contributed by atoms with Crippen LogP contribution in [-0.4, -0.2) is 19.6 Å². The van der Waals surface area contributed by atoms with Gasteiger partial charge in [0.25, 0.3) is 0 Å². The summed E-state index contributed by atoms with van der Waals surface area (Å²) in [5, 5.41) is 6.77. The van der Waals surface area contributed by atoms with Crippen LogP contribution < -0.4 is 10.6 Å². The van der Waals surface area contributed by atoms with Crippen molar-refractivity contribution in [3.05, 3.63) is 71.3 Å². The molecule has 1 aliphatic rings. The average Bonchev–Trinajstić information content (AvgIpc) is 2.52. The van der Waals surface area contributed by atoms with E-state index in [4.69, 9.17) is 0 Å². The highest BCUT2D eigenvalue weighted by Gasteiger charge is 2.25. The molecule has 1 aliphatic carbocycles. The first-order chi connectivity index (χ1) is 10.4. The molecule has 21 heavy (non-hydrogen) atoms. The van der Waals surface area contributed by atoms with Crippen LogP contribution in [0.15, 0.2) is 59.6 Å². The zero-order valence-electron chi connectivity index (χ0n) is 12.3. The van der Waals surface area contributed by atoms with Crippen molar-refractivity contribution < 1.29 is 0 Å². The quantitative estimate of drug-likeness (QED) is 0.667. The zero-order valence-corrected chi connectivity index (χ0v) is 12.3. The van der Waals surface area contributed by atoms with Gasteiger partial charge in [0.2, 0.25) is 0 Å². The second kappa shape index (κ2) is 6.44. The van der Waals surface area contributed by atoms with Gasteiger partial charge in [-0.2, -0.15) is 0 Å². The highest BCUT2D eigenvalue weighted by atomic mass is 15.2. The van der Waals surface area contributed by atoms with Crippen molar-refractivity contribution in [1.82, 2.24) is 10.6 Å². The molecule has 3 nitrogen and oxygen atoms in total. The van der Waals surface area contributed by atoms with Crippen molar-refractivity contribution in [2.45, 2.75) is 18.9 Å². The SMILES string of the molecule is CN=C(NCc1ccccc1)NCC1Cc2ccccc21. The van der Waals surface area contributed by atoms with Gasteiger partial charge in [-0.25, -0.2) is 0 Å². The summed E-state index contributed by atoms with van der Waals surface area (Å²) in [5.41, 5.74) is 4.22. The Kier molecular flexibility index (Phi) is 4.20. The highest BCUT2D eigenvalue weighted by Crippen LogP contribution is 2.33. The van der Waals surface area contributed by atoms with E-state index in [9.17, 15) is 0 Å². The molecular weight excluding hydrogens is 258 g/mol. The Hall–Kier alpha value is -2.29. The maximum atomic E-state index is 4.28. The third kappa shape index (κ3) is 3.24. The number of hydrogen-bond donors (Lipinski definition) is 2. The molecule has 3 heteroatoms. The summed E-state index contributed by atoms with van der Waals surface area (Å²) in [6.45, 7) is 1.73. The Morgan fingerprint density at radius 1 is 1.05 bits per heavy atom. The van der Waals surface area contributed by atoms with Crippen LogP contribution in [0.4, 0.5) is 0 Å². The lowest BCUT2D eigenvalue weighted by Crippen LogP contribution is -2.40. The summed E-state index contributed by atoms with van der Waals surface area (Å²) in [6.07, 6.45) is 1.17. The molecule has 1 atom stereocenters. The van der Waals surface area contributed by atoms with Gasteiger partial charge >= 0.3 is 0 Å². The zero-order chi connectivity index (χ0) is 14.5. The lowest BCUT2D eigenvalue weighted by atomic mass is 9.78. The molecule has 0 amide bonds. The molecular formula is C18H21N3. The third-order valence-electron chi connectivity index (χ3n) is 4.00. The van der Waals surface area contributed by atoms with E-state index in [1.165, 1.54) is 23.1 Å². The van der Waals surface area contributed by atoms with Gasteiger partial charge in [0.1, 0.15) is 0 Å². The van der Waals surface area contributed by atoms with Crippen LogP contribution in [0.1, 0.15) is 22.6 Å². The molecule has 0 saturated heterocycles. The maximum absolute atomic E-state index is 4.28. The third-order valence-corrected chi connectivity index (χ3v) is 4.00. The van der Waals surface area contributed by atoms with Crippen molar-refractivity contribution in [1.29, 1.82) is 0 Å². The molecule has 0 heterocycles. The van der Waals surface area contributed by atoms with Gasteiger partial charge in [-0.05, 0) is 23.1 Å². The minimum atomic E-state index is 0.608. The van der Waals surface area contributed by atoms with Gasteiger partial charge in [0.05, 0.1) is 0 Å². The topological polar surface area (TPSA) is 36.4 Å². The molecule has 0 aliphatic heterocycles. The van der Waals surface area contributed by atoms with Gasteiger partial charge in [-0.3, -0.25) is 4.99 Å². The second-order valence-electron chi connectivity index (χ2n) is 5.39. The summed E-state index contributed by atoms with van der Waals surface area (Å²) in [7, 11) is 1.81. The number of hydrogen-bond acceptors (Lipinski definition) is 1.